The van der Waals surface area contributed by atoms with Crippen LogP contribution in [0.1, 0.15) is 15.4 Å². The minimum absolute atomic E-state index is 0.316. The lowest BCUT2D eigenvalue weighted by molar-refractivity contribution is 0.102. The predicted octanol–water partition coefficient (Wildman–Crippen LogP) is 3.72. The molecule has 0 saturated heterocycles. The van der Waals surface area contributed by atoms with Crippen molar-refractivity contribution >= 4 is 34.6 Å². The number of benzene rings is 1. The van der Waals surface area contributed by atoms with E-state index in [-0.39, 0.29) is 11.9 Å². The van der Waals surface area contributed by atoms with E-state index < -0.39 is 0 Å². The summed E-state index contributed by atoms with van der Waals surface area (Å²) in [6, 6.07) is 10.1. The maximum atomic E-state index is 12.5. The average Bonchev–Trinajstić information content (AvgIpc) is 3.24. The predicted molar refractivity (Wildman–Crippen MR) is 97.0 cm³/mol. The fourth-order valence-corrected chi connectivity index (χ4v) is 3.05. The molecule has 0 unspecified atom stereocenters. The standard InChI is InChI=1S/C17H16N4O3S/c1-10-14(21-16(25-10)13-7-4-8-24-13)15(22)19-11-5-3-6-12(9-11)20-17(23)18-2/h3-9H,1-2H3,(H,19,22)(H2,18,20,23). The van der Waals surface area contributed by atoms with E-state index >= 15 is 0 Å². The number of nitrogens with zero attached hydrogens (tertiary/aromatic N) is 1. The number of furan rings is 1. The zero-order valence-electron chi connectivity index (χ0n) is 13.6. The second kappa shape index (κ2) is 7.18. The first kappa shape index (κ1) is 16.7. The Labute approximate surface area is 148 Å². The number of anilines is 2. The van der Waals surface area contributed by atoms with Crippen molar-refractivity contribution in [3.63, 3.8) is 0 Å². The van der Waals surface area contributed by atoms with Crippen LogP contribution in [-0.2, 0) is 0 Å². The highest BCUT2D eigenvalue weighted by Crippen LogP contribution is 2.28. The Bertz CT molecular complexity index is 903. The van der Waals surface area contributed by atoms with Crippen LogP contribution in [0.5, 0.6) is 0 Å². The van der Waals surface area contributed by atoms with Gasteiger partial charge in [0, 0.05) is 23.3 Å². The van der Waals surface area contributed by atoms with Crippen LogP contribution in [0.4, 0.5) is 16.2 Å². The fraction of sp³-hybridized carbons (Fsp3) is 0.118. The molecule has 3 amide bonds. The lowest BCUT2D eigenvalue weighted by Crippen LogP contribution is -2.24. The fourth-order valence-electron chi connectivity index (χ4n) is 2.17. The van der Waals surface area contributed by atoms with Gasteiger partial charge in [-0.3, -0.25) is 4.79 Å². The molecule has 0 saturated carbocycles. The van der Waals surface area contributed by atoms with Gasteiger partial charge in [-0.1, -0.05) is 6.07 Å². The molecule has 7 nitrogen and oxygen atoms in total. The maximum absolute atomic E-state index is 12.5. The monoisotopic (exact) mass is 356 g/mol. The summed E-state index contributed by atoms with van der Waals surface area (Å²) < 4.78 is 5.32. The van der Waals surface area contributed by atoms with Crippen molar-refractivity contribution < 1.29 is 14.0 Å². The van der Waals surface area contributed by atoms with Gasteiger partial charge < -0.3 is 20.4 Å². The van der Waals surface area contributed by atoms with Crippen LogP contribution < -0.4 is 16.0 Å². The zero-order chi connectivity index (χ0) is 17.8. The molecule has 1 aromatic carbocycles. The highest BCUT2D eigenvalue weighted by atomic mass is 32.1. The maximum Gasteiger partial charge on any atom is 0.318 e. The van der Waals surface area contributed by atoms with Crippen molar-refractivity contribution in [1.82, 2.24) is 10.3 Å². The molecule has 8 heteroatoms. The Morgan fingerprint density at radius 3 is 2.56 bits per heavy atom. The summed E-state index contributed by atoms with van der Waals surface area (Å²) in [5.74, 6) is 0.313. The molecule has 0 radical (unpaired) electrons. The Kier molecular flexibility index (Phi) is 4.80. The van der Waals surface area contributed by atoms with Crippen LogP contribution in [0, 0.1) is 6.92 Å². The van der Waals surface area contributed by atoms with Gasteiger partial charge in [-0.05, 0) is 37.3 Å². The molecule has 0 aliphatic heterocycles. The van der Waals surface area contributed by atoms with Gasteiger partial charge in [-0.2, -0.15) is 0 Å². The summed E-state index contributed by atoms with van der Waals surface area (Å²) in [4.78, 5) is 29.0. The van der Waals surface area contributed by atoms with Crippen molar-refractivity contribution in [2.75, 3.05) is 17.7 Å². The van der Waals surface area contributed by atoms with Crippen LogP contribution in [0.3, 0.4) is 0 Å². The van der Waals surface area contributed by atoms with Gasteiger partial charge in [0.15, 0.2) is 10.8 Å². The van der Waals surface area contributed by atoms with Gasteiger partial charge in [0.05, 0.1) is 6.26 Å². The highest BCUT2D eigenvalue weighted by molar-refractivity contribution is 7.15. The van der Waals surface area contributed by atoms with Crippen molar-refractivity contribution in [3.8, 4) is 10.8 Å². The van der Waals surface area contributed by atoms with Crippen molar-refractivity contribution in [2.24, 2.45) is 0 Å². The first-order valence-corrected chi connectivity index (χ1v) is 8.30. The molecule has 3 N–H and O–H groups in total. The van der Waals surface area contributed by atoms with Gasteiger partial charge >= 0.3 is 6.03 Å². The van der Waals surface area contributed by atoms with Crippen LogP contribution in [0.15, 0.2) is 47.1 Å². The molecule has 3 aromatic rings. The number of nitrogens with one attached hydrogen (secondary N) is 3. The number of carbonyl (C=O) groups is 2. The number of rotatable bonds is 4. The average molecular weight is 356 g/mol. The second-order valence-corrected chi connectivity index (χ2v) is 6.34. The molecule has 0 atom stereocenters. The minimum atomic E-state index is -0.332. The lowest BCUT2D eigenvalue weighted by atomic mass is 10.2. The molecule has 2 heterocycles. The van der Waals surface area contributed by atoms with Crippen LogP contribution in [0.25, 0.3) is 10.8 Å². The third-order valence-corrected chi connectivity index (χ3v) is 4.33. The summed E-state index contributed by atoms with van der Waals surface area (Å²) in [5, 5.41) is 8.57. The van der Waals surface area contributed by atoms with E-state index in [9.17, 15) is 9.59 Å². The van der Waals surface area contributed by atoms with Gasteiger partial charge in [0.25, 0.3) is 5.91 Å². The molecule has 2 aromatic heterocycles. The lowest BCUT2D eigenvalue weighted by Gasteiger charge is -2.08. The number of aryl methyl sites for hydroxylation is 1. The van der Waals surface area contributed by atoms with E-state index in [4.69, 9.17) is 4.42 Å². The van der Waals surface area contributed by atoms with Crippen LogP contribution in [0.2, 0.25) is 0 Å². The molecule has 0 fully saturated rings. The van der Waals surface area contributed by atoms with E-state index in [1.807, 2.05) is 6.92 Å². The van der Waals surface area contributed by atoms with Gasteiger partial charge in [-0.15, -0.1) is 11.3 Å². The number of amides is 3. The molecule has 0 aliphatic carbocycles. The number of hydrogen-bond donors (Lipinski definition) is 3. The third-order valence-electron chi connectivity index (χ3n) is 3.35. The van der Waals surface area contributed by atoms with Crippen molar-refractivity contribution in [3.05, 3.63) is 53.2 Å². The Balaban J connectivity index is 1.76. The van der Waals surface area contributed by atoms with E-state index in [0.717, 1.165) is 4.88 Å². The molecule has 0 spiro atoms. The molecule has 3 rings (SSSR count). The molecular formula is C17H16N4O3S. The Morgan fingerprint density at radius 2 is 1.88 bits per heavy atom. The minimum Gasteiger partial charge on any atom is -0.462 e. The van der Waals surface area contributed by atoms with E-state index in [0.29, 0.717) is 27.8 Å². The molecule has 128 valence electrons. The van der Waals surface area contributed by atoms with Gasteiger partial charge in [0.1, 0.15) is 5.69 Å². The summed E-state index contributed by atoms with van der Waals surface area (Å²) in [7, 11) is 1.53. The molecule has 25 heavy (non-hydrogen) atoms. The number of urea groups is 1. The molecule has 0 bridgehead atoms. The molecule has 0 aliphatic rings. The summed E-state index contributed by atoms with van der Waals surface area (Å²) in [6.07, 6.45) is 1.57. The Hall–Kier alpha value is -3.13. The normalized spacial score (nSPS) is 10.3. The second-order valence-electron chi connectivity index (χ2n) is 5.14. The third kappa shape index (κ3) is 3.86. The summed E-state index contributed by atoms with van der Waals surface area (Å²) in [6.45, 7) is 1.84. The number of hydrogen-bond acceptors (Lipinski definition) is 5. The summed E-state index contributed by atoms with van der Waals surface area (Å²) >= 11 is 1.39. The van der Waals surface area contributed by atoms with Gasteiger partial charge in [-0.25, -0.2) is 9.78 Å². The first-order valence-electron chi connectivity index (χ1n) is 7.48. The zero-order valence-corrected chi connectivity index (χ0v) is 14.4. The smallest absolute Gasteiger partial charge is 0.318 e. The van der Waals surface area contributed by atoms with Crippen molar-refractivity contribution in [1.29, 1.82) is 0 Å². The topological polar surface area (TPSA) is 96.3 Å². The SMILES string of the molecule is CNC(=O)Nc1cccc(NC(=O)c2nc(-c3ccco3)sc2C)c1. The van der Waals surface area contributed by atoms with E-state index in [1.165, 1.54) is 18.4 Å². The number of aromatic nitrogens is 1. The number of carbonyl (C=O) groups excluding carboxylic acids is 2. The first-order chi connectivity index (χ1) is 12.1. The Morgan fingerprint density at radius 1 is 1.12 bits per heavy atom. The highest BCUT2D eigenvalue weighted by Gasteiger charge is 2.17. The van der Waals surface area contributed by atoms with Crippen molar-refractivity contribution in [2.45, 2.75) is 6.92 Å². The van der Waals surface area contributed by atoms with E-state index in [1.54, 1.807) is 42.7 Å². The number of thiazole rings is 1. The van der Waals surface area contributed by atoms with Crippen LogP contribution >= 0.6 is 11.3 Å². The van der Waals surface area contributed by atoms with Gasteiger partial charge in [0.2, 0.25) is 0 Å². The quantitative estimate of drug-likeness (QED) is 0.664. The van der Waals surface area contributed by atoms with Crippen LogP contribution in [-0.4, -0.2) is 24.0 Å². The van der Waals surface area contributed by atoms with E-state index in [2.05, 4.69) is 20.9 Å². The molecular weight excluding hydrogens is 340 g/mol. The largest absolute Gasteiger partial charge is 0.462 e. The summed E-state index contributed by atoms with van der Waals surface area (Å²) in [5.41, 5.74) is 1.48.